The van der Waals surface area contributed by atoms with Crippen LogP contribution in [0.3, 0.4) is 0 Å². The molecule has 13 aromatic carbocycles. The summed E-state index contributed by atoms with van der Waals surface area (Å²) in [7, 11) is 0. The van der Waals surface area contributed by atoms with E-state index in [-0.39, 0.29) is 0 Å². The molecule has 17 rings (SSSR count). The van der Waals surface area contributed by atoms with Crippen LogP contribution in [0.4, 0.5) is 17.1 Å². The summed E-state index contributed by atoms with van der Waals surface area (Å²) >= 11 is 0. The van der Waals surface area contributed by atoms with Crippen LogP contribution >= 0.6 is 0 Å². The second-order valence-electron chi connectivity index (χ2n) is 21.9. The van der Waals surface area contributed by atoms with Crippen LogP contribution in [-0.4, -0.2) is 9.13 Å². The number of rotatable bonds is 8. The van der Waals surface area contributed by atoms with Gasteiger partial charge in [0.05, 0.1) is 38.9 Å². The quantitative estimate of drug-likeness (QED) is 0.148. The Morgan fingerprint density at radius 3 is 1.49 bits per heavy atom. The molecule has 0 radical (unpaired) electrons. The average Bonchev–Trinajstić information content (AvgIpc) is 1.61. The maximum atomic E-state index is 2.52. The molecule has 0 fully saturated rings. The van der Waals surface area contributed by atoms with Gasteiger partial charge in [0.25, 0.3) is 0 Å². The molecule has 3 nitrogen and oxygen atoms in total. The summed E-state index contributed by atoms with van der Waals surface area (Å²) in [6.45, 7) is 0. The van der Waals surface area contributed by atoms with Gasteiger partial charge in [-0.2, -0.15) is 0 Å². The number of anilines is 3. The fourth-order valence-electron chi connectivity index (χ4n) is 14.3. The highest BCUT2D eigenvalue weighted by Gasteiger charge is 2.51. The van der Waals surface area contributed by atoms with Crippen molar-refractivity contribution in [2.45, 2.75) is 5.41 Å². The van der Waals surface area contributed by atoms with Crippen molar-refractivity contribution in [2.24, 2.45) is 0 Å². The van der Waals surface area contributed by atoms with E-state index in [1.807, 2.05) is 0 Å². The highest BCUT2D eigenvalue weighted by molar-refractivity contribution is 6.13. The number of fused-ring (bicyclic) bond motifs is 15. The van der Waals surface area contributed by atoms with Crippen LogP contribution in [0.5, 0.6) is 0 Å². The maximum absolute atomic E-state index is 2.52. The molecule has 2 aliphatic rings. The minimum absolute atomic E-state index is 0.529. The third-order valence-electron chi connectivity index (χ3n) is 17.7. The molecule has 82 heavy (non-hydrogen) atoms. The average molecular weight is 1040 g/mol. The van der Waals surface area contributed by atoms with Crippen LogP contribution in [0, 0.1) is 0 Å². The first-order valence-electron chi connectivity index (χ1n) is 28.4. The molecule has 3 heteroatoms. The second-order valence-corrected chi connectivity index (χ2v) is 21.9. The second kappa shape index (κ2) is 18.2. The van der Waals surface area contributed by atoms with Gasteiger partial charge >= 0.3 is 0 Å². The van der Waals surface area contributed by atoms with Gasteiger partial charge in [0.1, 0.15) is 0 Å². The molecule has 1 aliphatic carbocycles. The van der Waals surface area contributed by atoms with E-state index in [0.29, 0.717) is 0 Å². The lowest BCUT2D eigenvalue weighted by Crippen LogP contribution is -2.33. The van der Waals surface area contributed by atoms with E-state index in [2.05, 4.69) is 323 Å². The first kappa shape index (κ1) is 46.2. The van der Waals surface area contributed by atoms with Crippen molar-refractivity contribution in [2.75, 3.05) is 4.90 Å². The molecule has 0 amide bonds. The summed E-state index contributed by atoms with van der Waals surface area (Å²) in [4.78, 5) is 2.44. The highest BCUT2D eigenvalue weighted by Crippen LogP contribution is 2.62. The first-order chi connectivity index (χ1) is 40.7. The van der Waals surface area contributed by atoms with Crippen molar-refractivity contribution >= 4 is 60.7 Å². The van der Waals surface area contributed by atoms with Crippen molar-refractivity contribution < 1.29 is 0 Å². The van der Waals surface area contributed by atoms with Crippen molar-refractivity contribution in [3.8, 4) is 67.0 Å². The lowest BCUT2D eigenvalue weighted by atomic mass is 9.65. The summed E-state index contributed by atoms with van der Waals surface area (Å²) in [5.41, 5.74) is 27.3. The van der Waals surface area contributed by atoms with E-state index in [9.17, 15) is 0 Å². The summed E-state index contributed by atoms with van der Waals surface area (Å²) in [5.74, 6) is 0. The minimum Gasteiger partial charge on any atom is -0.310 e. The van der Waals surface area contributed by atoms with Crippen molar-refractivity contribution in [3.63, 3.8) is 0 Å². The molecule has 382 valence electrons. The summed E-state index contributed by atoms with van der Waals surface area (Å²) in [6, 6.07) is 115. The van der Waals surface area contributed by atoms with Crippen LogP contribution in [0.15, 0.2) is 309 Å². The monoisotopic (exact) mass is 1040 g/mol. The Kier molecular flexibility index (Phi) is 10.2. The predicted molar refractivity (Wildman–Crippen MR) is 342 cm³/mol. The zero-order chi connectivity index (χ0) is 53.9. The first-order valence-corrected chi connectivity index (χ1v) is 28.4. The fraction of sp³-hybridized carbons (Fsp3) is 0.0127. The van der Waals surface area contributed by atoms with Gasteiger partial charge < -0.3 is 14.0 Å². The van der Waals surface area contributed by atoms with Crippen LogP contribution < -0.4 is 4.90 Å². The third-order valence-corrected chi connectivity index (χ3v) is 17.7. The van der Waals surface area contributed by atoms with Crippen LogP contribution in [0.1, 0.15) is 22.3 Å². The Morgan fingerprint density at radius 1 is 0.268 bits per heavy atom. The lowest BCUT2D eigenvalue weighted by Gasteiger charge is -2.39. The van der Waals surface area contributed by atoms with E-state index < -0.39 is 5.41 Å². The van der Waals surface area contributed by atoms with Gasteiger partial charge in [-0.05, 0) is 145 Å². The lowest BCUT2D eigenvalue weighted by molar-refractivity contribution is 0.748. The number of aromatic nitrogens is 2. The molecule has 1 aliphatic heterocycles. The Hall–Kier alpha value is -10.7. The molecule has 0 N–H and O–H groups in total. The predicted octanol–water partition coefficient (Wildman–Crippen LogP) is 20.7. The molecule has 2 aromatic heterocycles. The highest BCUT2D eigenvalue weighted by atomic mass is 15.1. The molecule has 0 saturated heterocycles. The SMILES string of the molecule is c1ccc(-c2cccc(-c3ccccc3N(c3ccc(-c4cccc(-n5c6ccccc6c6ccccc65)c4)cc3)c3ccc(-c4cccc5c4-c4ccccc4C54c5ccccc5-n5c6ccccc6c6cccc4c65)cc3)c2)cc1. The van der Waals surface area contributed by atoms with Gasteiger partial charge in [0, 0.05) is 44.2 Å². The molecule has 3 heterocycles. The maximum Gasteiger partial charge on any atom is 0.0754 e. The largest absolute Gasteiger partial charge is 0.310 e. The molecular weight excluding hydrogens is 991 g/mol. The van der Waals surface area contributed by atoms with Crippen LogP contribution in [-0.2, 0) is 5.41 Å². The zero-order valence-electron chi connectivity index (χ0n) is 44.8. The van der Waals surface area contributed by atoms with Crippen molar-refractivity contribution in [1.82, 2.24) is 9.13 Å². The molecule has 1 spiro atoms. The van der Waals surface area contributed by atoms with Gasteiger partial charge in [-0.25, -0.2) is 0 Å². The number of benzene rings is 13. The summed E-state index contributed by atoms with van der Waals surface area (Å²) < 4.78 is 4.92. The molecule has 0 bridgehead atoms. The van der Waals surface area contributed by atoms with Gasteiger partial charge in [-0.15, -0.1) is 0 Å². The molecule has 15 aromatic rings. The van der Waals surface area contributed by atoms with Gasteiger partial charge in [0.2, 0.25) is 0 Å². The smallest absolute Gasteiger partial charge is 0.0754 e. The Balaban J connectivity index is 0.809. The van der Waals surface area contributed by atoms with Crippen molar-refractivity contribution in [3.05, 3.63) is 332 Å². The molecular formula is C79H51N3. The molecule has 0 saturated carbocycles. The minimum atomic E-state index is -0.529. The molecule has 1 atom stereocenters. The van der Waals surface area contributed by atoms with Gasteiger partial charge in [0.15, 0.2) is 0 Å². The number of para-hydroxylation sites is 6. The van der Waals surface area contributed by atoms with Crippen molar-refractivity contribution in [1.29, 1.82) is 0 Å². The number of hydrogen-bond donors (Lipinski definition) is 0. The number of nitrogens with zero attached hydrogens (tertiary/aromatic N) is 3. The standard InChI is InChI=1S/C79H51N3/c1-2-20-52(21-3-1)55-22-16-24-57(50-55)61-26-5-11-37-72(61)80(58-46-42-53(43-47-58)56-23-17-25-60(51-56)81-73-38-12-6-27-63(73)64-28-7-13-39-74(64)81)59-48-44-54(45-49-59)62-31-18-35-70-77(62)67-30-4-9-33-68(67)79(70)69-34-10-15-41-76(69)82-75-40-14-8-29-65(75)66-32-19-36-71(79)78(66)82/h1-51H. The molecule has 1 unspecified atom stereocenters. The Bertz CT molecular complexity index is 4990. The van der Waals surface area contributed by atoms with E-state index in [1.165, 1.54) is 105 Å². The van der Waals surface area contributed by atoms with Crippen LogP contribution in [0.2, 0.25) is 0 Å². The zero-order valence-corrected chi connectivity index (χ0v) is 44.8. The topological polar surface area (TPSA) is 13.1 Å². The third kappa shape index (κ3) is 6.71. The number of hydrogen-bond acceptors (Lipinski definition) is 1. The van der Waals surface area contributed by atoms with E-state index >= 15 is 0 Å². The Morgan fingerprint density at radius 2 is 0.744 bits per heavy atom. The van der Waals surface area contributed by atoms with Gasteiger partial charge in [-0.1, -0.05) is 237 Å². The van der Waals surface area contributed by atoms with Crippen LogP contribution in [0.25, 0.3) is 111 Å². The van der Waals surface area contributed by atoms with Gasteiger partial charge in [-0.3, -0.25) is 0 Å². The van der Waals surface area contributed by atoms with E-state index in [4.69, 9.17) is 0 Å². The normalized spacial score (nSPS) is 13.9. The summed E-state index contributed by atoms with van der Waals surface area (Å²) in [5, 5.41) is 5.08. The summed E-state index contributed by atoms with van der Waals surface area (Å²) in [6.07, 6.45) is 0. The Labute approximate surface area is 476 Å². The van der Waals surface area contributed by atoms with E-state index in [0.717, 1.165) is 45.0 Å². The fourth-order valence-corrected chi connectivity index (χ4v) is 14.3. The van der Waals surface area contributed by atoms with E-state index in [1.54, 1.807) is 0 Å².